The summed E-state index contributed by atoms with van der Waals surface area (Å²) in [5.74, 6) is -0.190. The molecule has 0 aliphatic heterocycles. The van der Waals surface area contributed by atoms with Crippen LogP contribution in [0.15, 0.2) is 60.7 Å². The van der Waals surface area contributed by atoms with E-state index >= 15 is 0 Å². The zero-order valence-corrected chi connectivity index (χ0v) is 19.6. The lowest BCUT2D eigenvalue weighted by Crippen LogP contribution is -2.41. The predicted molar refractivity (Wildman–Crippen MR) is 129 cm³/mol. The number of alkyl halides is 3. The number of ether oxygens (including phenoxy) is 1. The number of rotatable bonds is 6. The Labute approximate surface area is 205 Å². The van der Waals surface area contributed by atoms with Gasteiger partial charge in [-0.15, -0.1) is 0 Å². The van der Waals surface area contributed by atoms with Crippen LogP contribution in [0.3, 0.4) is 0 Å². The standard InChI is InChI=1S/C24H22ClF3N4OS/c25-17-10-8-16(9-11-17)23(12-4-5-13-23)15-29-22(34)32-21-30-19(24(26,27)28)14-20(31-21)33-18-6-2-1-3-7-18/h1-3,6-11,14H,4-5,12-13,15H2,(H2,29,30,31,32,34). The average Bonchev–Trinajstić information content (AvgIpc) is 3.28. The largest absolute Gasteiger partial charge is 0.439 e. The normalized spacial score (nSPS) is 15.1. The molecule has 4 rings (SSSR count). The number of aromatic nitrogens is 2. The first kappa shape index (κ1) is 24.2. The van der Waals surface area contributed by atoms with Gasteiger partial charge in [-0.1, -0.05) is 54.8 Å². The van der Waals surface area contributed by atoms with Crippen molar-refractivity contribution >= 4 is 34.9 Å². The van der Waals surface area contributed by atoms with Crippen molar-refractivity contribution < 1.29 is 17.9 Å². The highest BCUT2D eigenvalue weighted by molar-refractivity contribution is 7.80. The maximum atomic E-state index is 13.4. The SMILES string of the molecule is FC(F)(F)c1cc(Oc2ccccc2)nc(NC(=S)NCC2(c3ccc(Cl)cc3)CCCC2)n1. The van der Waals surface area contributed by atoms with Gasteiger partial charge in [0.15, 0.2) is 10.8 Å². The van der Waals surface area contributed by atoms with Crippen molar-refractivity contribution in [3.8, 4) is 11.6 Å². The predicted octanol–water partition coefficient (Wildman–Crippen LogP) is 6.74. The molecule has 1 heterocycles. The van der Waals surface area contributed by atoms with Crippen molar-refractivity contribution in [2.45, 2.75) is 37.3 Å². The number of hydrogen-bond donors (Lipinski definition) is 2. The number of hydrogen-bond acceptors (Lipinski definition) is 4. The monoisotopic (exact) mass is 506 g/mol. The van der Waals surface area contributed by atoms with Gasteiger partial charge < -0.3 is 15.4 Å². The molecule has 3 aromatic rings. The topological polar surface area (TPSA) is 59.1 Å². The molecule has 178 valence electrons. The van der Waals surface area contributed by atoms with E-state index in [1.165, 1.54) is 0 Å². The zero-order chi connectivity index (χ0) is 24.2. The lowest BCUT2D eigenvalue weighted by atomic mass is 9.79. The zero-order valence-electron chi connectivity index (χ0n) is 18.0. The van der Waals surface area contributed by atoms with Gasteiger partial charge >= 0.3 is 6.18 Å². The van der Waals surface area contributed by atoms with Crippen molar-refractivity contribution in [1.82, 2.24) is 15.3 Å². The fourth-order valence-electron chi connectivity index (χ4n) is 4.11. The maximum absolute atomic E-state index is 13.4. The van der Waals surface area contributed by atoms with Gasteiger partial charge in [-0.3, -0.25) is 0 Å². The van der Waals surface area contributed by atoms with Gasteiger partial charge in [0.25, 0.3) is 0 Å². The first-order chi connectivity index (χ1) is 16.2. The van der Waals surface area contributed by atoms with E-state index in [0.717, 1.165) is 37.3 Å². The summed E-state index contributed by atoms with van der Waals surface area (Å²) < 4.78 is 45.7. The third kappa shape index (κ3) is 5.95. The molecule has 1 fully saturated rings. The van der Waals surface area contributed by atoms with Gasteiger partial charge in [-0.2, -0.15) is 18.2 Å². The minimum absolute atomic E-state index is 0.130. The third-order valence-corrected chi connectivity index (χ3v) is 6.29. The first-order valence-electron chi connectivity index (χ1n) is 10.7. The van der Waals surface area contributed by atoms with Crippen LogP contribution in [0.1, 0.15) is 36.9 Å². The number of nitrogens with one attached hydrogen (secondary N) is 2. The van der Waals surface area contributed by atoms with Crippen LogP contribution in [0.4, 0.5) is 19.1 Å². The Morgan fingerprint density at radius 3 is 2.35 bits per heavy atom. The Hall–Kier alpha value is -2.91. The number of anilines is 1. The van der Waals surface area contributed by atoms with Gasteiger partial charge in [0.05, 0.1) is 0 Å². The van der Waals surface area contributed by atoms with Crippen LogP contribution in [-0.4, -0.2) is 21.6 Å². The third-order valence-electron chi connectivity index (χ3n) is 5.79. The Morgan fingerprint density at radius 2 is 1.71 bits per heavy atom. The molecule has 2 aromatic carbocycles. The first-order valence-corrected chi connectivity index (χ1v) is 11.5. The molecule has 0 atom stereocenters. The van der Waals surface area contributed by atoms with Gasteiger partial charge in [0, 0.05) is 23.0 Å². The van der Waals surface area contributed by atoms with Crippen LogP contribution >= 0.6 is 23.8 Å². The fraction of sp³-hybridized carbons (Fsp3) is 0.292. The molecule has 5 nitrogen and oxygen atoms in total. The van der Waals surface area contributed by atoms with Crippen LogP contribution in [0, 0.1) is 0 Å². The molecule has 0 radical (unpaired) electrons. The Morgan fingerprint density at radius 1 is 1.03 bits per heavy atom. The summed E-state index contributed by atoms with van der Waals surface area (Å²) in [6.45, 7) is 0.521. The highest BCUT2D eigenvalue weighted by atomic mass is 35.5. The van der Waals surface area contributed by atoms with Crippen molar-refractivity contribution in [1.29, 1.82) is 0 Å². The van der Waals surface area contributed by atoms with Gasteiger partial charge in [0.2, 0.25) is 11.8 Å². The molecule has 1 aliphatic carbocycles. The van der Waals surface area contributed by atoms with Crippen molar-refractivity contribution in [3.63, 3.8) is 0 Å². The molecule has 1 aromatic heterocycles. The second kappa shape index (κ2) is 10.1. The molecule has 0 spiro atoms. The van der Waals surface area contributed by atoms with Crippen LogP contribution in [0.5, 0.6) is 11.6 Å². The molecule has 10 heteroatoms. The number of para-hydroxylation sites is 1. The summed E-state index contributed by atoms with van der Waals surface area (Å²) in [6, 6.07) is 16.9. The number of nitrogens with zero attached hydrogens (tertiary/aromatic N) is 2. The number of halogens is 4. The minimum Gasteiger partial charge on any atom is -0.439 e. The van der Waals surface area contributed by atoms with Gasteiger partial charge in [-0.05, 0) is 54.9 Å². The second-order valence-corrected chi connectivity index (χ2v) is 8.97. The van der Waals surface area contributed by atoms with Crippen LogP contribution in [-0.2, 0) is 11.6 Å². The van der Waals surface area contributed by atoms with Crippen LogP contribution < -0.4 is 15.4 Å². The molecule has 0 amide bonds. The van der Waals surface area contributed by atoms with E-state index in [1.54, 1.807) is 30.3 Å². The summed E-state index contributed by atoms with van der Waals surface area (Å²) in [5, 5.41) is 6.61. The van der Waals surface area contributed by atoms with E-state index in [1.807, 2.05) is 24.3 Å². The fourth-order valence-corrected chi connectivity index (χ4v) is 4.40. The quantitative estimate of drug-likeness (QED) is 0.361. The lowest BCUT2D eigenvalue weighted by Gasteiger charge is -2.30. The smallest absolute Gasteiger partial charge is 0.433 e. The van der Waals surface area contributed by atoms with Crippen LogP contribution in [0.25, 0.3) is 0 Å². The summed E-state index contributed by atoms with van der Waals surface area (Å²) >= 11 is 11.4. The lowest BCUT2D eigenvalue weighted by molar-refractivity contribution is -0.141. The summed E-state index contributed by atoms with van der Waals surface area (Å²) in [7, 11) is 0. The van der Waals surface area contributed by atoms with Crippen molar-refractivity contribution in [3.05, 3.63) is 76.9 Å². The molecule has 2 N–H and O–H groups in total. The molecular weight excluding hydrogens is 485 g/mol. The number of benzene rings is 2. The minimum atomic E-state index is -4.67. The maximum Gasteiger partial charge on any atom is 0.433 e. The van der Waals surface area contributed by atoms with E-state index in [2.05, 4.69) is 20.6 Å². The molecule has 0 unspecified atom stereocenters. The molecule has 1 saturated carbocycles. The van der Waals surface area contributed by atoms with Gasteiger partial charge in [-0.25, -0.2) is 4.98 Å². The summed E-state index contributed by atoms with van der Waals surface area (Å²) in [6.07, 6.45) is -0.562. The second-order valence-electron chi connectivity index (χ2n) is 8.13. The van der Waals surface area contributed by atoms with Crippen LogP contribution in [0.2, 0.25) is 5.02 Å². The molecule has 1 aliphatic rings. The molecule has 0 bridgehead atoms. The summed E-state index contributed by atoms with van der Waals surface area (Å²) in [5.41, 5.74) is -0.113. The highest BCUT2D eigenvalue weighted by Crippen LogP contribution is 2.41. The van der Waals surface area contributed by atoms with E-state index < -0.39 is 11.9 Å². The Bertz CT molecular complexity index is 1140. The Kier molecular flexibility index (Phi) is 7.23. The van der Waals surface area contributed by atoms with E-state index in [9.17, 15) is 13.2 Å². The van der Waals surface area contributed by atoms with E-state index in [4.69, 9.17) is 28.6 Å². The number of thiocarbonyl (C=S) groups is 1. The van der Waals surface area contributed by atoms with Crippen molar-refractivity contribution in [2.24, 2.45) is 0 Å². The molecule has 34 heavy (non-hydrogen) atoms. The Balaban J connectivity index is 1.49. The van der Waals surface area contributed by atoms with E-state index in [-0.39, 0.29) is 22.4 Å². The van der Waals surface area contributed by atoms with Crippen molar-refractivity contribution in [2.75, 3.05) is 11.9 Å². The van der Waals surface area contributed by atoms with E-state index in [0.29, 0.717) is 17.3 Å². The molecular formula is C24H22ClF3N4OS. The average molecular weight is 507 g/mol. The van der Waals surface area contributed by atoms with Gasteiger partial charge in [0.1, 0.15) is 5.75 Å². The highest BCUT2D eigenvalue weighted by Gasteiger charge is 2.36. The molecule has 0 saturated heterocycles. The summed E-state index contributed by atoms with van der Waals surface area (Å²) in [4.78, 5) is 7.64.